The third-order valence-corrected chi connectivity index (χ3v) is 5.26. The molecule has 0 heterocycles. The number of nitrogens with zero attached hydrogens (tertiary/aromatic N) is 1. The van der Waals surface area contributed by atoms with Crippen molar-refractivity contribution in [3.05, 3.63) is 107 Å². The zero-order valence-electron chi connectivity index (χ0n) is 18.5. The average Bonchev–Trinajstić information content (AvgIpc) is 2.84. The van der Waals surface area contributed by atoms with Crippen molar-refractivity contribution in [3.8, 4) is 0 Å². The molecule has 3 rings (SSSR count). The van der Waals surface area contributed by atoms with Crippen LogP contribution in [-0.4, -0.2) is 32.5 Å². The predicted octanol–water partition coefficient (Wildman–Crippen LogP) is 4.55. The van der Waals surface area contributed by atoms with Gasteiger partial charge in [0.1, 0.15) is 0 Å². The highest BCUT2D eigenvalue weighted by molar-refractivity contribution is 14.0. The number of hydrogen-bond acceptors (Lipinski definition) is 2. The van der Waals surface area contributed by atoms with Crippen LogP contribution < -0.4 is 16.0 Å². The van der Waals surface area contributed by atoms with Gasteiger partial charge >= 0.3 is 0 Å². The molecule has 0 aliphatic heterocycles. The number of aliphatic imine (C=N–C) groups is 1. The van der Waals surface area contributed by atoms with E-state index in [2.05, 4.69) is 81.6 Å². The fraction of sp³-hybridized carbons (Fsp3) is 0.231. The van der Waals surface area contributed by atoms with E-state index in [4.69, 9.17) is 0 Å². The summed E-state index contributed by atoms with van der Waals surface area (Å²) in [6.45, 7) is 1.43. The molecule has 5 nitrogen and oxygen atoms in total. The fourth-order valence-corrected chi connectivity index (χ4v) is 3.56. The van der Waals surface area contributed by atoms with Crippen molar-refractivity contribution in [1.82, 2.24) is 16.0 Å². The monoisotopic (exact) mass is 542 g/mol. The van der Waals surface area contributed by atoms with E-state index in [0.29, 0.717) is 18.0 Å². The molecule has 3 aromatic carbocycles. The number of amides is 1. The van der Waals surface area contributed by atoms with Crippen LogP contribution in [0.25, 0.3) is 0 Å². The van der Waals surface area contributed by atoms with Crippen LogP contribution in [0.3, 0.4) is 0 Å². The molecule has 168 valence electrons. The minimum atomic E-state index is -0.0802. The normalized spacial score (nSPS) is 10.9. The van der Waals surface area contributed by atoms with Gasteiger partial charge in [0.2, 0.25) is 0 Å². The third-order valence-electron chi connectivity index (χ3n) is 5.26. The molecular weight excluding hydrogens is 511 g/mol. The Balaban J connectivity index is 0.00000363. The molecular formula is C26H31IN4O. The van der Waals surface area contributed by atoms with Crippen LogP contribution in [0.2, 0.25) is 0 Å². The zero-order chi connectivity index (χ0) is 21.9. The number of nitrogens with one attached hydrogen (secondary N) is 3. The molecule has 0 bridgehead atoms. The van der Waals surface area contributed by atoms with Gasteiger partial charge in [-0.2, -0.15) is 0 Å². The summed E-state index contributed by atoms with van der Waals surface area (Å²) >= 11 is 0. The summed E-state index contributed by atoms with van der Waals surface area (Å²) in [6.07, 6.45) is 0.954. The molecule has 0 aliphatic carbocycles. The molecule has 0 saturated carbocycles. The van der Waals surface area contributed by atoms with Crippen molar-refractivity contribution in [2.45, 2.75) is 18.9 Å². The van der Waals surface area contributed by atoms with Crippen LogP contribution in [0, 0.1) is 0 Å². The minimum Gasteiger partial charge on any atom is -0.356 e. The second kappa shape index (κ2) is 13.5. The number of halogens is 1. The number of guanidine groups is 1. The van der Waals surface area contributed by atoms with Crippen molar-refractivity contribution in [1.29, 1.82) is 0 Å². The summed E-state index contributed by atoms with van der Waals surface area (Å²) in [5.74, 6) is 1.00. The van der Waals surface area contributed by atoms with Crippen molar-refractivity contribution >= 4 is 35.8 Å². The van der Waals surface area contributed by atoms with Gasteiger partial charge in [-0.05, 0) is 35.2 Å². The van der Waals surface area contributed by atoms with Crippen molar-refractivity contribution < 1.29 is 4.79 Å². The van der Waals surface area contributed by atoms with Gasteiger partial charge in [-0.15, -0.1) is 24.0 Å². The van der Waals surface area contributed by atoms with E-state index in [9.17, 15) is 4.79 Å². The standard InChI is InChI=1S/C26H30N4O.HI/c1-27-25(31)23-15-13-20(14-16-23)19-30-26(28-2)29-18-17-24(21-9-5-3-6-10-21)22-11-7-4-8-12-22;/h3-16,24H,17-19H2,1-2H3,(H,27,31)(H2,28,29,30);1H. The van der Waals surface area contributed by atoms with Gasteiger partial charge in [-0.25, -0.2) is 0 Å². The fourth-order valence-electron chi connectivity index (χ4n) is 3.56. The maximum absolute atomic E-state index is 11.7. The number of carbonyl (C=O) groups is 1. The first-order valence-corrected chi connectivity index (χ1v) is 10.6. The van der Waals surface area contributed by atoms with Gasteiger partial charge in [0.15, 0.2) is 5.96 Å². The van der Waals surface area contributed by atoms with Gasteiger partial charge in [0.25, 0.3) is 5.91 Å². The topological polar surface area (TPSA) is 65.5 Å². The van der Waals surface area contributed by atoms with Gasteiger partial charge in [0, 0.05) is 38.7 Å². The quantitative estimate of drug-likeness (QED) is 0.222. The molecule has 6 heteroatoms. The lowest BCUT2D eigenvalue weighted by molar-refractivity contribution is 0.0963. The molecule has 0 aliphatic rings. The van der Waals surface area contributed by atoms with Crippen molar-refractivity contribution in [2.24, 2.45) is 4.99 Å². The van der Waals surface area contributed by atoms with Crippen LogP contribution in [0.5, 0.6) is 0 Å². The summed E-state index contributed by atoms with van der Waals surface area (Å²) in [7, 11) is 3.41. The van der Waals surface area contributed by atoms with Crippen LogP contribution in [0.4, 0.5) is 0 Å². The van der Waals surface area contributed by atoms with Crippen molar-refractivity contribution in [3.63, 3.8) is 0 Å². The second-order valence-corrected chi connectivity index (χ2v) is 7.29. The summed E-state index contributed by atoms with van der Waals surface area (Å²) in [4.78, 5) is 16.0. The first-order chi connectivity index (χ1) is 15.2. The van der Waals surface area contributed by atoms with Gasteiger partial charge in [-0.3, -0.25) is 9.79 Å². The molecule has 0 saturated heterocycles. The van der Waals surface area contributed by atoms with Crippen LogP contribution in [-0.2, 0) is 6.54 Å². The third kappa shape index (κ3) is 7.37. The maximum atomic E-state index is 11.7. The summed E-state index contributed by atoms with van der Waals surface area (Å²) in [5.41, 5.74) is 4.37. The Morgan fingerprint density at radius 2 is 1.41 bits per heavy atom. The largest absolute Gasteiger partial charge is 0.356 e. The Morgan fingerprint density at radius 3 is 1.91 bits per heavy atom. The molecule has 0 spiro atoms. The number of carbonyl (C=O) groups excluding carboxylic acids is 1. The Bertz CT molecular complexity index is 936. The van der Waals surface area contributed by atoms with Gasteiger partial charge in [0.05, 0.1) is 0 Å². The number of benzene rings is 3. The van der Waals surface area contributed by atoms with E-state index in [1.54, 1.807) is 14.1 Å². The van der Waals surface area contributed by atoms with E-state index in [1.807, 2.05) is 24.3 Å². The van der Waals surface area contributed by atoms with Crippen LogP contribution in [0.1, 0.15) is 39.4 Å². The summed E-state index contributed by atoms with van der Waals surface area (Å²) < 4.78 is 0. The molecule has 32 heavy (non-hydrogen) atoms. The molecule has 0 fully saturated rings. The first-order valence-electron chi connectivity index (χ1n) is 10.6. The second-order valence-electron chi connectivity index (χ2n) is 7.29. The number of hydrogen-bond donors (Lipinski definition) is 3. The Morgan fingerprint density at radius 1 is 0.844 bits per heavy atom. The SMILES string of the molecule is CN=C(NCCC(c1ccccc1)c1ccccc1)NCc1ccc(C(=O)NC)cc1.I. The van der Waals surface area contributed by atoms with E-state index in [0.717, 1.165) is 24.5 Å². The molecule has 0 unspecified atom stereocenters. The molecule has 3 aromatic rings. The van der Waals surface area contributed by atoms with E-state index >= 15 is 0 Å². The van der Waals surface area contributed by atoms with Gasteiger partial charge in [-0.1, -0.05) is 72.8 Å². The molecule has 1 amide bonds. The lowest BCUT2D eigenvalue weighted by Gasteiger charge is -2.19. The smallest absolute Gasteiger partial charge is 0.251 e. The summed E-state index contributed by atoms with van der Waals surface area (Å²) in [6, 6.07) is 28.8. The summed E-state index contributed by atoms with van der Waals surface area (Å²) in [5, 5.41) is 9.40. The lowest BCUT2D eigenvalue weighted by Crippen LogP contribution is -2.37. The highest BCUT2D eigenvalue weighted by Gasteiger charge is 2.13. The van der Waals surface area contributed by atoms with Crippen LogP contribution in [0.15, 0.2) is 89.9 Å². The molecule has 0 radical (unpaired) electrons. The first kappa shape index (κ1) is 25.4. The highest BCUT2D eigenvalue weighted by atomic mass is 127. The Labute approximate surface area is 207 Å². The maximum Gasteiger partial charge on any atom is 0.251 e. The lowest BCUT2D eigenvalue weighted by atomic mass is 9.88. The van der Waals surface area contributed by atoms with E-state index in [1.165, 1.54) is 11.1 Å². The Hall–Kier alpha value is -2.87. The van der Waals surface area contributed by atoms with Crippen molar-refractivity contribution in [2.75, 3.05) is 20.6 Å². The predicted molar refractivity (Wildman–Crippen MR) is 143 cm³/mol. The number of rotatable bonds is 8. The molecule has 0 atom stereocenters. The van der Waals surface area contributed by atoms with E-state index in [-0.39, 0.29) is 29.9 Å². The molecule has 0 aromatic heterocycles. The zero-order valence-corrected chi connectivity index (χ0v) is 20.9. The molecule has 3 N–H and O–H groups in total. The minimum absolute atomic E-state index is 0. The average molecular weight is 542 g/mol. The van der Waals surface area contributed by atoms with E-state index < -0.39 is 0 Å². The Kier molecular flexibility index (Phi) is 10.7. The van der Waals surface area contributed by atoms with Gasteiger partial charge < -0.3 is 16.0 Å². The van der Waals surface area contributed by atoms with Crippen LogP contribution >= 0.6 is 24.0 Å². The highest BCUT2D eigenvalue weighted by Crippen LogP contribution is 2.27.